The molecule has 1 N–H and O–H groups in total. The highest BCUT2D eigenvalue weighted by molar-refractivity contribution is 7.85. The molecule has 0 unspecified atom stereocenters. The predicted molar refractivity (Wildman–Crippen MR) is 177 cm³/mol. The van der Waals surface area contributed by atoms with Gasteiger partial charge in [0.2, 0.25) is 0 Å². The molecule has 1 heterocycles. The average Bonchev–Trinajstić information content (AvgIpc) is 3.32. The summed E-state index contributed by atoms with van der Waals surface area (Å²) >= 11 is 0. The van der Waals surface area contributed by atoms with E-state index in [0.29, 0.717) is 29.7 Å². The number of aromatic nitrogens is 1. The summed E-state index contributed by atoms with van der Waals surface area (Å²) in [4.78, 5) is -0.133. The standard InChI is InChI=1S/C38H31F4NO4S/c1-25-11-20-35(48(44,45)46)29(21-25)17-16-26-12-14-27(15-13-26)23-43-34-19-18-30(47-24-28-7-3-2-4-8-28)22-32(34)36(39)37(43)31-9-5-6-10-33(31)38(40,41)42/h2-15,18-22H,16-17,23-24H2,1H3,(H,44,45,46). The smallest absolute Gasteiger partial charge is 0.417 e. The van der Waals surface area contributed by atoms with E-state index in [2.05, 4.69) is 0 Å². The van der Waals surface area contributed by atoms with E-state index in [9.17, 15) is 26.1 Å². The Labute approximate surface area is 275 Å². The summed E-state index contributed by atoms with van der Waals surface area (Å²) in [6.45, 7) is 2.16. The minimum atomic E-state index is -4.71. The number of rotatable bonds is 10. The first-order valence-corrected chi connectivity index (χ1v) is 16.6. The molecule has 246 valence electrons. The van der Waals surface area contributed by atoms with Crippen molar-refractivity contribution in [1.82, 2.24) is 4.57 Å². The van der Waals surface area contributed by atoms with Crippen molar-refractivity contribution in [2.45, 2.75) is 44.0 Å². The van der Waals surface area contributed by atoms with Crippen molar-refractivity contribution in [3.05, 3.63) is 154 Å². The Morgan fingerprint density at radius 1 is 0.771 bits per heavy atom. The average molecular weight is 674 g/mol. The van der Waals surface area contributed by atoms with Crippen LogP contribution in [0.15, 0.2) is 120 Å². The van der Waals surface area contributed by atoms with Crippen molar-refractivity contribution in [3.63, 3.8) is 0 Å². The zero-order valence-corrected chi connectivity index (χ0v) is 26.7. The first-order chi connectivity index (χ1) is 22.9. The van der Waals surface area contributed by atoms with E-state index in [1.807, 2.05) is 61.5 Å². The van der Waals surface area contributed by atoms with Crippen LogP contribution in [0.5, 0.6) is 5.75 Å². The van der Waals surface area contributed by atoms with E-state index in [0.717, 1.165) is 28.3 Å². The van der Waals surface area contributed by atoms with E-state index < -0.39 is 27.7 Å². The number of benzene rings is 5. The lowest BCUT2D eigenvalue weighted by atomic mass is 10.0. The zero-order valence-electron chi connectivity index (χ0n) is 25.8. The van der Waals surface area contributed by atoms with Gasteiger partial charge in [0, 0.05) is 17.5 Å². The van der Waals surface area contributed by atoms with Crippen molar-refractivity contribution in [1.29, 1.82) is 0 Å². The van der Waals surface area contributed by atoms with Gasteiger partial charge in [-0.15, -0.1) is 0 Å². The summed E-state index contributed by atoms with van der Waals surface area (Å²) in [6, 6.07) is 31.3. The molecular weight excluding hydrogens is 642 g/mol. The second kappa shape index (κ2) is 13.3. The van der Waals surface area contributed by atoms with E-state index in [4.69, 9.17) is 4.74 Å². The second-order valence-corrected chi connectivity index (χ2v) is 13.0. The Balaban J connectivity index is 1.34. The molecule has 0 aliphatic rings. The normalized spacial score (nSPS) is 12.0. The van der Waals surface area contributed by atoms with Gasteiger partial charge in [0.05, 0.1) is 21.7 Å². The van der Waals surface area contributed by atoms with Gasteiger partial charge in [-0.25, -0.2) is 4.39 Å². The third-order valence-electron chi connectivity index (χ3n) is 8.25. The van der Waals surface area contributed by atoms with E-state index in [-0.39, 0.29) is 34.7 Å². The SMILES string of the molecule is Cc1ccc(S(=O)(=O)O)c(CCc2ccc(Cn3c(-c4ccccc4C(F)(F)F)c(F)c4cc(OCc5ccccc5)ccc43)cc2)c1. The molecule has 0 bridgehead atoms. The second-order valence-electron chi connectivity index (χ2n) is 11.6. The quantitative estimate of drug-likeness (QED) is 0.116. The van der Waals surface area contributed by atoms with Crippen LogP contribution in [0.3, 0.4) is 0 Å². The number of nitrogens with zero attached hydrogens (tertiary/aromatic N) is 1. The van der Waals surface area contributed by atoms with Gasteiger partial charge in [0.25, 0.3) is 10.1 Å². The Morgan fingerprint density at radius 2 is 1.46 bits per heavy atom. The van der Waals surface area contributed by atoms with E-state index in [1.165, 1.54) is 30.3 Å². The first kappa shape index (κ1) is 33.0. The molecule has 1 aromatic heterocycles. The van der Waals surface area contributed by atoms with Gasteiger partial charge in [-0.05, 0) is 72.4 Å². The molecule has 0 radical (unpaired) electrons. The maximum atomic E-state index is 16.4. The Hall–Kier alpha value is -4.93. The monoisotopic (exact) mass is 673 g/mol. The van der Waals surface area contributed by atoms with E-state index in [1.54, 1.807) is 28.8 Å². The fourth-order valence-corrected chi connectivity index (χ4v) is 6.65. The maximum Gasteiger partial charge on any atom is 0.417 e. The summed E-state index contributed by atoms with van der Waals surface area (Å²) in [6.07, 6.45) is -3.87. The fourth-order valence-electron chi connectivity index (χ4n) is 5.92. The number of alkyl halides is 3. The molecule has 0 saturated carbocycles. The third kappa shape index (κ3) is 7.14. The zero-order chi connectivity index (χ0) is 34.1. The highest BCUT2D eigenvalue weighted by Gasteiger charge is 2.35. The van der Waals surface area contributed by atoms with Gasteiger partial charge >= 0.3 is 6.18 Å². The van der Waals surface area contributed by atoms with Crippen LogP contribution in [0, 0.1) is 12.7 Å². The van der Waals surface area contributed by atoms with Gasteiger partial charge in [-0.1, -0.05) is 90.5 Å². The van der Waals surface area contributed by atoms with Gasteiger partial charge in [0.1, 0.15) is 12.4 Å². The highest BCUT2D eigenvalue weighted by atomic mass is 32.2. The van der Waals surface area contributed by atoms with Crippen LogP contribution in [-0.2, 0) is 42.3 Å². The van der Waals surface area contributed by atoms with Gasteiger partial charge in [-0.2, -0.15) is 21.6 Å². The van der Waals surface area contributed by atoms with Crippen LogP contribution >= 0.6 is 0 Å². The summed E-state index contributed by atoms with van der Waals surface area (Å²) in [7, 11) is -4.38. The number of hydrogen-bond acceptors (Lipinski definition) is 3. The fraction of sp³-hybridized carbons (Fsp3) is 0.158. The lowest BCUT2D eigenvalue weighted by Crippen LogP contribution is -2.10. The number of hydrogen-bond donors (Lipinski definition) is 1. The van der Waals surface area contributed by atoms with Crippen LogP contribution in [0.2, 0.25) is 0 Å². The number of ether oxygens (including phenoxy) is 1. The van der Waals surface area contributed by atoms with Crippen molar-refractivity contribution in [2.75, 3.05) is 0 Å². The molecule has 6 aromatic rings. The minimum absolute atomic E-state index is 0.0806. The summed E-state index contributed by atoms with van der Waals surface area (Å²) in [5.41, 5.74) is 2.89. The molecule has 48 heavy (non-hydrogen) atoms. The largest absolute Gasteiger partial charge is 0.489 e. The molecule has 0 atom stereocenters. The van der Waals surface area contributed by atoms with Gasteiger partial charge in [-0.3, -0.25) is 4.55 Å². The lowest BCUT2D eigenvalue weighted by Gasteiger charge is -2.16. The van der Waals surface area contributed by atoms with Crippen molar-refractivity contribution in [3.8, 4) is 17.0 Å². The molecule has 5 aromatic carbocycles. The Bertz CT molecular complexity index is 2190. The summed E-state index contributed by atoms with van der Waals surface area (Å²) in [5, 5.41) is 0.136. The molecule has 0 spiro atoms. The first-order valence-electron chi connectivity index (χ1n) is 15.2. The molecule has 0 amide bonds. The van der Waals surface area contributed by atoms with Crippen molar-refractivity contribution >= 4 is 21.0 Å². The van der Waals surface area contributed by atoms with Crippen LogP contribution in [-0.4, -0.2) is 17.5 Å². The summed E-state index contributed by atoms with van der Waals surface area (Å²) in [5.74, 6) is -0.399. The van der Waals surface area contributed by atoms with Gasteiger partial charge in [0.15, 0.2) is 5.82 Å². The summed E-state index contributed by atoms with van der Waals surface area (Å²) < 4.78 is 99.7. The highest BCUT2D eigenvalue weighted by Crippen LogP contribution is 2.41. The predicted octanol–water partition coefficient (Wildman–Crippen LogP) is 9.43. The number of halogens is 4. The van der Waals surface area contributed by atoms with Crippen molar-refractivity contribution < 1.29 is 35.3 Å². The van der Waals surface area contributed by atoms with Crippen LogP contribution < -0.4 is 4.74 Å². The third-order valence-corrected chi connectivity index (χ3v) is 9.20. The number of fused-ring (bicyclic) bond motifs is 1. The van der Waals surface area contributed by atoms with Gasteiger partial charge < -0.3 is 9.30 Å². The maximum absolute atomic E-state index is 16.4. The number of aryl methyl sites for hydroxylation is 3. The minimum Gasteiger partial charge on any atom is -0.489 e. The van der Waals surface area contributed by atoms with Crippen molar-refractivity contribution in [2.24, 2.45) is 0 Å². The van der Waals surface area contributed by atoms with Crippen LogP contribution in [0.4, 0.5) is 17.6 Å². The molecule has 0 aliphatic carbocycles. The molecule has 0 aliphatic heterocycles. The van der Waals surface area contributed by atoms with Crippen LogP contribution in [0.1, 0.15) is 33.4 Å². The topological polar surface area (TPSA) is 68.5 Å². The van der Waals surface area contributed by atoms with E-state index >= 15 is 4.39 Å². The molecule has 10 heteroatoms. The Morgan fingerprint density at radius 3 is 2.17 bits per heavy atom. The molecule has 5 nitrogen and oxygen atoms in total. The molecule has 0 saturated heterocycles. The lowest BCUT2D eigenvalue weighted by molar-refractivity contribution is -0.137. The van der Waals surface area contributed by atoms with Crippen LogP contribution in [0.25, 0.3) is 22.2 Å². The Kier molecular flexibility index (Phi) is 9.13. The molecule has 6 rings (SSSR count). The molecular formula is C38H31F4NO4S. The molecule has 0 fully saturated rings.